The summed E-state index contributed by atoms with van der Waals surface area (Å²) in [4.78, 5) is 15.3. The number of benzene rings is 3. The second kappa shape index (κ2) is 11.5. The summed E-state index contributed by atoms with van der Waals surface area (Å²) in [7, 11) is 3.03. The first kappa shape index (κ1) is 26.8. The van der Waals surface area contributed by atoms with Gasteiger partial charge in [0.15, 0.2) is 17.1 Å². The number of aromatic amines is 1. The minimum absolute atomic E-state index is 0.00695. The number of pyridine rings is 1. The highest BCUT2D eigenvalue weighted by Gasteiger charge is 2.18. The lowest BCUT2D eigenvalue weighted by molar-refractivity contribution is 0.339. The Morgan fingerprint density at radius 3 is 2.25 bits per heavy atom. The largest absolute Gasteiger partial charge is 0.506 e. The first-order valence-corrected chi connectivity index (χ1v) is 13.4. The maximum Gasteiger partial charge on any atom is 0.270 e. The predicted molar refractivity (Wildman–Crippen MR) is 156 cm³/mol. The van der Waals surface area contributed by atoms with E-state index < -0.39 is 5.56 Å². The van der Waals surface area contributed by atoms with Crippen LogP contribution in [0, 0.1) is 11.3 Å². The minimum atomic E-state index is -0.594. The van der Waals surface area contributed by atoms with Crippen LogP contribution in [0.15, 0.2) is 70.8 Å². The predicted octanol–water partition coefficient (Wildman–Crippen LogP) is 5.56. The molecule has 0 aliphatic heterocycles. The van der Waals surface area contributed by atoms with E-state index in [2.05, 4.69) is 22.4 Å². The van der Waals surface area contributed by atoms with Crippen molar-refractivity contribution in [3.05, 3.63) is 93.1 Å². The Morgan fingerprint density at radius 2 is 1.60 bits per heavy atom. The highest BCUT2D eigenvalue weighted by Crippen LogP contribution is 2.40. The summed E-state index contributed by atoms with van der Waals surface area (Å²) < 4.78 is 10.5. The fourth-order valence-corrected chi connectivity index (χ4v) is 5.70. The average Bonchev–Trinajstić information content (AvgIpc) is 3.40. The quantitative estimate of drug-likeness (QED) is 0.176. The lowest BCUT2D eigenvalue weighted by atomic mass is 9.96. The van der Waals surface area contributed by atoms with Gasteiger partial charge in [0.2, 0.25) is 5.75 Å². The number of rotatable bonds is 9. The lowest BCUT2D eigenvalue weighted by Crippen LogP contribution is -2.17. The van der Waals surface area contributed by atoms with Gasteiger partial charge in [-0.1, -0.05) is 48.5 Å². The number of hydrogen-bond acceptors (Lipinski definition) is 8. The van der Waals surface area contributed by atoms with Crippen molar-refractivity contribution in [2.24, 2.45) is 0 Å². The van der Waals surface area contributed by atoms with Crippen LogP contribution in [0.4, 0.5) is 0 Å². The molecule has 0 saturated carbocycles. The topological polar surface area (TPSA) is 128 Å². The molecular weight excluding hydrogens is 526 g/mol. The van der Waals surface area contributed by atoms with Crippen LogP contribution >= 0.6 is 11.3 Å². The summed E-state index contributed by atoms with van der Waals surface area (Å²) >= 11 is 1.31. The molecule has 0 spiro atoms. The summed E-state index contributed by atoms with van der Waals surface area (Å²) in [6.07, 6.45) is 0.726. The van der Waals surface area contributed by atoms with E-state index in [1.54, 1.807) is 6.07 Å². The highest BCUT2D eigenvalue weighted by molar-refractivity contribution is 7.17. The molecule has 202 valence electrons. The molecule has 0 bridgehead atoms. The number of ether oxygens (including phenoxy) is 2. The second-order valence-electron chi connectivity index (χ2n) is 9.15. The van der Waals surface area contributed by atoms with E-state index >= 15 is 0 Å². The van der Waals surface area contributed by atoms with Crippen LogP contribution in [0.25, 0.3) is 32.5 Å². The maximum atomic E-state index is 12.0. The summed E-state index contributed by atoms with van der Waals surface area (Å²) in [6, 6.07) is 21.6. The van der Waals surface area contributed by atoms with Crippen molar-refractivity contribution < 1.29 is 19.7 Å². The number of nitrogens with zero attached hydrogens (tertiary/aromatic N) is 1. The molecule has 0 unspecified atom stereocenters. The number of hydrogen-bond donors (Lipinski definition) is 4. The maximum absolute atomic E-state index is 12.0. The number of nitriles is 1. The normalized spacial score (nSPS) is 10.9. The van der Waals surface area contributed by atoms with E-state index in [-0.39, 0.29) is 17.1 Å². The number of methoxy groups -OCH3 is 2. The van der Waals surface area contributed by atoms with Crippen LogP contribution in [-0.4, -0.2) is 36.0 Å². The molecule has 2 aromatic heterocycles. The first-order chi connectivity index (χ1) is 19.4. The molecule has 0 radical (unpaired) electrons. The molecule has 5 aromatic rings. The van der Waals surface area contributed by atoms with Gasteiger partial charge in [-0.2, -0.15) is 5.26 Å². The molecule has 8 nitrogen and oxygen atoms in total. The molecule has 0 atom stereocenters. The van der Waals surface area contributed by atoms with E-state index in [9.17, 15) is 20.3 Å². The molecular formula is C31H27N3O5S. The fraction of sp³-hybridized carbons (Fsp3) is 0.161. The Hall–Kier alpha value is -4.78. The Kier molecular flexibility index (Phi) is 7.73. The van der Waals surface area contributed by atoms with E-state index in [4.69, 9.17) is 9.47 Å². The number of phenols is 1. The summed E-state index contributed by atoms with van der Waals surface area (Å²) in [5.74, 6) is 0.467. The fourth-order valence-electron chi connectivity index (χ4n) is 4.73. The van der Waals surface area contributed by atoms with Crippen LogP contribution in [0.2, 0.25) is 0 Å². The third-order valence-electron chi connectivity index (χ3n) is 6.80. The summed E-state index contributed by atoms with van der Waals surface area (Å²) in [5, 5.41) is 35.9. The van der Waals surface area contributed by atoms with Crippen molar-refractivity contribution in [2.75, 3.05) is 20.8 Å². The van der Waals surface area contributed by atoms with Gasteiger partial charge in [0.1, 0.15) is 16.6 Å². The zero-order chi connectivity index (χ0) is 28.2. The van der Waals surface area contributed by atoms with E-state index in [0.29, 0.717) is 34.8 Å². The van der Waals surface area contributed by atoms with Gasteiger partial charge in [-0.3, -0.25) is 4.79 Å². The average molecular weight is 554 g/mol. The van der Waals surface area contributed by atoms with Crippen molar-refractivity contribution in [2.45, 2.75) is 13.0 Å². The van der Waals surface area contributed by atoms with Crippen LogP contribution in [0.1, 0.15) is 16.7 Å². The molecule has 0 aliphatic rings. The van der Waals surface area contributed by atoms with Crippen LogP contribution in [0.3, 0.4) is 0 Å². The number of thiophene rings is 1. The van der Waals surface area contributed by atoms with E-state index in [1.807, 2.05) is 53.9 Å². The van der Waals surface area contributed by atoms with Crippen LogP contribution in [0.5, 0.6) is 23.0 Å². The number of nitrogens with one attached hydrogen (secondary N) is 2. The van der Waals surface area contributed by atoms with Gasteiger partial charge >= 0.3 is 0 Å². The van der Waals surface area contributed by atoms with Gasteiger partial charge < -0.3 is 30.0 Å². The van der Waals surface area contributed by atoms with Gasteiger partial charge in [-0.25, -0.2) is 0 Å². The summed E-state index contributed by atoms with van der Waals surface area (Å²) in [6.45, 7) is 1.38. The van der Waals surface area contributed by atoms with Gasteiger partial charge in [-0.15, -0.1) is 11.3 Å². The molecule has 40 heavy (non-hydrogen) atoms. The molecule has 2 heterocycles. The smallest absolute Gasteiger partial charge is 0.270 e. The van der Waals surface area contributed by atoms with E-state index in [0.717, 1.165) is 39.8 Å². The Bertz CT molecular complexity index is 1760. The van der Waals surface area contributed by atoms with Crippen molar-refractivity contribution in [1.82, 2.24) is 10.3 Å². The molecule has 5 rings (SSSR count). The minimum Gasteiger partial charge on any atom is -0.506 e. The standard InChI is InChI=1S/C31H27N3O5S/c1-38-25-13-18(14-26(39-2)29(25)36)11-12-33-16-21-5-3-4-6-22(21)19-7-9-20(10-8-19)24-17-40-31-27(24)28(35)23(15-32)30(37)34-31/h3-10,13-14,17,33,36H,11-12,16H2,1-2H3,(H2,34,35,37). The molecule has 4 N–H and O–H groups in total. The molecule has 0 aliphatic carbocycles. The Labute approximate surface area is 234 Å². The van der Waals surface area contributed by atoms with E-state index in [1.165, 1.54) is 25.6 Å². The van der Waals surface area contributed by atoms with Gasteiger partial charge in [0.05, 0.1) is 19.6 Å². The summed E-state index contributed by atoms with van der Waals surface area (Å²) in [5.41, 5.74) is 5.03. The van der Waals surface area contributed by atoms with Crippen LogP contribution < -0.4 is 20.3 Å². The molecule has 0 fully saturated rings. The van der Waals surface area contributed by atoms with Crippen molar-refractivity contribution >= 4 is 21.6 Å². The molecule has 3 aromatic carbocycles. The van der Waals surface area contributed by atoms with Crippen molar-refractivity contribution in [3.63, 3.8) is 0 Å². The monoisotopic (exact) mass is 553 g/mol. The molecule has 9 heteroatoms. The third kappa shape index (κ3) is 5.10. The van der Waals surface area contributed by atoms with Crippen molar-refractivity contribution in [1.29, 1.82) is 5.26 Å². The van der Waals surface area contributed by atoms with Gasteiger partial charge in [0, 0.05) is 17.5 Å². The Morgan fingerprint density at radius 1 is 0.950 bits per heavy atom. The van der Waals surface area contributed by atoms with Crippen molar-refractivity contribution in [3.8, 4) is 51.3 Å². The highest BCUT2D eigenvalue weighted by atomic mass is 32.1. The number of H-pyrrole nitrogens is 1. The zero-order valence-corrected chi connectivity index (χ0v) is 22.8. The number of fused-ring (bicyclic) bond motifs is 1. The van der Waals surface area contributed by atoms with Crippen LogP contribution in [-0.2, 0) is 13.0 Å². The number of phenolic OH excluding ortho intramolecular Hbond substituents is 1. The zero-order valence-electron chi connectivity index (χ0n) is 21.9. The second-order valence-corrected chi connectivity index (χ2v) is 10.0. The molecule has 0 saturated heterocycles. The molecule has 0 amide bonds. The number of aromatic hydroxyl groups is 2. The van der Waals surface area contributed by atoms with Gasteiger partial charge in [-0.05, 0) is 52.9 Å². The first-order valence-electron chi connectivity index (χ1n) is 12.5. The lowest BCUT2D eigenvalue weighted by Gasteiger charge is -2.13. The SMILES string of the molecule is COc1cc(CCNCc2ccccc2-c2ccc(-c3csc4[nH]c(=O)c(C#N)c(O)c34)cc2)cc(OC)c1O. The number of aromatic nitrogens is 1. The van der Waals surface area contributed by atoms with Gasteiger partial charge in [0.25, 0.3) is 5.56 Å². The Balaban J connectivity index is 1.32. The third-order valence-corrected chi connectivity index (χ3v) is 7.70.